The van der Waals surface area contributed by atoms with Crippen LogP contribution in [0.3, 0.4) is 0 Å². The van der Waals surface area contributed by atoms with Crippen LogP contribution in [0.25, 0.3) is 0 Å². The molecule has 1 aromatic rings. The van der Waals surface area contributed by atoms with Gasteiger partial charge in [0, 0.05) is 18.7 Å². The fraction of sp³-hybridized carbons (Fsp3) is 0.0909. The van der Waals surface area contributed by atoms with Crippen LogP contribution in [0.15, 0.2) is 36.4 Å². The molecular formula is C11H10N2O2. The van der Waals surface area contributed by atoms with Gasteiger partial charge in [-0.3, -0.25) is 9.59 Å². The van der Waals surface area contributed by atoms with Crippen molar-refractivity contribution in [1.82, 2.24) is 0 Å². The van der Waals surface area contributed by atoms with Gasteiger partial charge in [-0.25, -0.2) is 4.90 Å². The number of carbonyl (C=O) groups excluding carboxylic acids is 2. The van der Waals surface area contributed by atoms with E-state index in [4.69, 9.17) is 5.73 Å². The Labute approximate surface area is 87.0 Å². The van der Waals surface area contributed by atoms with Crippen molar-refractivity contribution in [3.05, 3.63) is 42.0 Å². The van der Waals surface area contributed by atoms with Crippen molar-refractivity contribution in [3.63, 3.8) is 0 Å². The number of rotatable bonds is 2. The van der Waals surface area contributed by atoms with Gasteiger partial charge in [0.05, 0.1) is 5.69 Å². The third-order valence-corrected chi connectivity index (χ3v) is 2.24. The molecule has 0 atom stereocenters. The first-order chi connectivity index (χ1) is 7.22. The molecule has 0 fully saturated rings. The monoisotopic (exact) mass is 202 g/mol. The molecule has 0 spiro atoms. The van der Waals surface area contributed by atoms with E-state index < -0.39 is 0 Å². The largest absolute Gasteiger partial charge is 0.326 e. The molecule has 2 rings (SSSR count). The number of nitrogens with zero attached hydrogens (tertiary/aromatic N) is 1. The average molecular weight is 202 g/mol. The highest BCUT2D eigenvalue weighted by Crippen LogP contribution is 2.19. The lowest BCUT2D eigenvalue weighted by atomic mass is 10.2. The van der Waals surface area contributed by atoms with E-state index in [1.54, 1.807) is 24.3 Å². The van der Waals surface area contributed by atoms with Crippen molar-refractivity contribution in [2.45, 2.75) is 6.54 Å². The predicted molar refractivity (Wildman–Crippen MR) is 56.0 cm³/mol. The summed E-state index contributed by atoms with van der Waals surface area (Å²) in [5, 5.41) is 0. The minimum atomic E-state index is -0.305. The second-order valence-corrected chi connectivity index (χ2v) is 3.22. The number of hydrogen-bond acceptors (Lipinski definition) is 3. The fourth-order valence-corrected chi connectivity index (χ4v) is 1.44. The van der Waals surface area contributed by atoms with Crippen LogP contribution in [-0.2, 0) is 16.1 Å². The van der Waals surface area contributed by atoms with Crippen LogP contribution in [0.5, 0.6) is 0 Å². The highest BCUT2D eigenvalue weighted by molar-refractivity contribution is 6.28. The van der Waals surface area contributed by atoms with Gasteiger partial charge in [0.15, 0.2) is 0 Å². The SMILES string of the molecule is NCc1ccc(N2C(=O)C=CC2=O)cc1. The Kier molecular flexibility index (Phi) is 2.35. The van der Waals surface area contributed by atoms with Crippen LogP contribution < -0.4 is 10.6 Å². The van der Waals surface area contributed by atoms with E-state index in [9.17, 15) is 9.59 Å². The molecule has 0 saturated carbocycles. The Morgan fingerprint density at radius 3 is 2.00 bits per heavy atom. The molecule has 2 N–H and O–H groups in total. The molecule has 0 aliphatic carbocycles. The minimum absolute atomic E-state index is 0.305. The van der Waals surface area contributed by atoms with Gasteiger partial charge < -0.3 is 5.73 Å². The number of amides is 2. The molecule has 4 nitrogen and oxygen atoms in total. The number of hydrogen-bond donors (Lipinski definition) is 1. The second-order valence-electron chi connectivity index (χ2n) is 3.22. The molecule has 0 bridgehead atoms. The van der Waals surface area contributed by atoms with Gasteiger partial charge in [-0.2, -0.15) is 0 Å². The van der Waals surface area contributed by atoms with Gasteiger partial charge in [0.25, 0.3) is 11.8 Å². The van der Waals surface area contributed by atoms with E-state index in [0.29, 0.717) is 12.2 Å². The smallest absolute Gasteiger partial charge is 0.258 e. The Morgan fingerprint density at radius 2 is 1.53 bits per heavy atom. The van der Waals surface area contributed by atoms with Crippen LogP contribution in [0.4, 0.5) is 5.69 Å². The highest BCUT2D eigenvalue weighted by atomic mass is 16.2. The molecule has 76 valence electrons. The molecule has 1 heterocycles. The van der Waals surface area contributed by atoms with E-state index in [2.05, 4.69) is 0 Å². The summed E-state index contributed by atoms with van der Waals surface area (Å²) in [6.07, 6.45) is 2.53. The van der Waals surface area contributed by atoms with Gasteiger partial charge in [0.2, 0.25) is 0 Å². The number of nitrogens with two attached hydrogens (primary N) is 1. The van der Waals surface area contributed by atoms with Crippen molar-refractivity contribution in [1.29, 1.82) is 0 Å². The summed E-state index contributed by atoms with van der Waals surface area (Å²) in [5.41, 5.74) is 6.99. The van der Waals surface area contributed by atoms with E-state index in [1.165, 1.54) is 12.2 Å². The van der Waals surface area contributed by atoms with Crippen molar-refractivity contribution in [3.8, 4) is 0 Å². The zero-order valence-electron chi connectivity index (χ0n) is 8.01. The third-order valence-electron chi connectivity index (χ3n) is 2.24. The number of benzene rings is 1. The molecule has 2 amide bonds. The average Bonchev–Trinajstić information content (AvgIpc) is 2.59. The molecule has 1 aliphatic heterocycles. The lowest BCUT2D eigenvalue weighted by Crippen LogP contribution is -2.29. The molecule has 0 saturated heterocycles. The highest BCUT2D eigenvalue weighted by Gasteiger charge is 2.24. The quantitative estimate of drug-likeness (QED) is 0.713. The molecule has 4 heteroatoms. The molecule has 0 radical (unpaired) electrons. The Bertz CT molecular complexity index is 416. The Morgan fingerprint density at radius 1 is 1.00 bits per heavy atom. The van der Waals surface area contributed by atoms with Crippen molar-refractivity contribution < 1.29 is 9.59 Å². The molecule has 15 heavy (non-hydrogen) atoms. The summed E-state index contributed by atoms with van der Waals surface area (Å²) in [7, 11) is 0. The lowest BCUT2D eigenvalue weighted by molar-refractivity contribution is -0.119. The van der Waals surface area contributed by atoms with Crippen molar-refractivity contribution >= 4 is 17.5 Å². The van der Waals surface area contributed by atoms with Crippen LogP contribution in [-0.4, -0.2) is 11.8 Å². The van der Waals surface area contributed by atoms with Crippen molar-refractivity contribution in [2.24, 2.45) is 5.73 Å². The first kappa shape index (κ1) is 9.61. The molecule has 0 aromatic heterocycles. The summed E-state index contributed by atoms with van der Waals surface area (Å²) >= 11 is 0. The first-order valence-corrected chi connectivity index (χ1v) is 4.57. The van der Waals surface area contributed by atoms with E-state index in [-0.39, 0.29) is 11.8 Å². The maximum atomic E-state index is 11.3. The predicted octanol–water partition coefficient (Wildman–Crippen LogP) is 0.575. The van der Waals surface area contributed by atoms with E-state index >= 15 is 0 Å². The van der Waals surface area contributed by atoms with Gasteiger partial charge in [-0.05, 0) is 17.7 Å². The van der Waals surface area contributed by atoms with Crippen LogP contribution in [0, 0.1) is 0 Å². The van der Waals surface area contributed by atoms with Crippen LogP contribution in [0.1, 0.15) is 5.56 Å². The molecule has 1 aromatic carbocycles. The second kappa shape index (κ2) is 3.67. The molecular weight excluding hydrogens is 192 g/mol. The number of anilines is 1. The zero-order valence-corrected chi connectivity index (χ0v) is 8.01. The minimum Gasteiger partial charge on any atom is -0.326 e. The Hall–Kier alpha value is -1.94. The van der Waals surface area contributed by atoms with Gasteiger partial charge in [-0.15, -0.1) is 0 Å². The van der Waals surface area contributed by atoms with Gasteiger partial charge >= 0.3 is 0 Å². The summed E-state index contributed by atoms with van der Waals surface area (Å²) < 4.78 is 0. The third kappa shape index (κ3) is 1.67. The summed E-state index contributed by atoms with van der Waals surface area (Å²) in [5.74, 6) is -0.610. The standard InChI is InChI=1S/C11H10N2O2/c12-7-8-1-3-9(4-2-8)13-10(14)5-6-11(13)15/h1-6H,7,12H2. The summed E-state index contributed by atoms with van der Waals surface area (Å²) in [6.45, 7) is 0.445. The van der Waals surface area contributed by atoms with Gasteiger partial charge in [-0.1, -0.05) is 12.1 Å². The molecule has 1 aliphatic rings. The number of carbonyl (C=O) groups is 2. The first-order valence-electron chi connectivity index (χ1n) is 4.57. The molecule has 0 unspecified atom stereocenters. The maximum Gasteiger partial charge on any atom is 0.258 e. The maximum absolute atomic E-state index is 11.3. The van der Waals surface area contributed by atoms with E-state index in [1.807, 2.05) is 0 Å². The Balaban J connectivity index is 2.30. The fourth-order valence-electron chi connectivity index (χ4n) is 1.44. The van der Waals surface area contributed by atoms with Crippen LogP contribution in [0.2, 0.25) is 0 Å². The summed E-state index contributed by atoms with van der Waals surface area (Å²) in [4.78, 5) is 23.8. The normalized spacial score (nSPS) is 15.1. The topological polar surface area (TPSA) is 63.4 Å². The number of imide groups is 1. The van der Waals surface area contributed by atoms with Crippen LogP contribution >= 0.6 is 0 Å². The lowest BCUT2D eigenvalue weighted by Gasteiger charge is -2.13. The zero-order chi connectivity index (χ0) is 10.8. The summed E-state index contributed by atoms with van der Waals surface area (Å²) in [6, 6.07) is 7.03. The van der Waals surface area contributed by atoms with Crippen molar-refractivity contribution in [2.75, 3.05) is 4.90 Å². The van der Waals surface area contributed by atoms with E-state index in [0.717, 1.165) is 10.5 Å². The van der Waals surface area contributed by atoms with Gasteiger partial charge in [0.1, 0.15) is 0 Å².